The summed E-state index contributed by atoms with van der Waals surface area (Å²) < 4.78 is 9.24. The van der Waals surface area contributed by atoms with Crippen molar-refractivity contribution in [3.8, 4) is 23.0 Å². The van der Waals surface area contributed by atoms with Gasteiger partial charge in [0.2, 0.25) is 0 Å². The second-order valence-corrected chi connectivity index (χ2v) is 12.9. The van der Waals surface area contributed by atoms with E-state index < -0.39 is 0 Å². The lowest BCUT2D eigenvalue weighted by Gasteiger charge is -2.13. The number of pyridine rings is 1. The van der Waals surface area contributed by atoms with Gasteiger partial charge in [-0.25, -0.2) is 4.98 Å². The summed E-state index contributed by atoms with van der Waals surface area (Å²) in [7, 11) is 0. The van der Waals surface area contributed by atoms with Gasteiger partial charge in [-0.15, -0.1) is 0 Å². The van der Waals surface area contributed by atoms with Crippen LogP contribution in [0.2, 0.25) is 0 Å². The second-order valence-electron chi connectivity index (χ2n) is 12.9. The SMILES string of the molecule is c1ccc(-n2ccc3c2ccc2c4ccccc4n(-c4cccc(-n5c6ccccc6c6ccc7c(ccn7-c7ccccc7)c65)n4)c23)cc1. The maximum atomic E-state index is 5.51. The Hall–Kier alpha value is -6.85. The molecular formula is C45H29N5. The van der Waals surface area contributed by atoms with E-state index in [4.69, 9.17) is 4.98 Å². The molecule has 11 rings (SSSR count). The standard InChI is InChI=1S/C45H29N5/c1-3-12-30(13-4-1)47-28-26-36-38(47)24-22-34-32-16-7-9-18-40(32)49(44(34)36)42-20-11-21-43(46-42)50-41-19-10-8-17-33(41)35-23-25-39-37(45(35)50)27-29-48(39)31-14-5-2-6-15-31/h1-29H. The van der Waals surface area contributed by atoms with E-state index in [1.165, 1.54) is 32.3 Å². The number of para-hydroxylation sites is 4. The highest BCUT2D eigenvalue weighted by Crippen LogP contribution is 2.40. The molecule has 0 aliphatic rings. The van der Waals surface area contributed by atoms with Crippen LogP contribution in [-0.2, 0) is 0 Å². The fourth-order valence-electron chi connectivity index (χ4n) is 8.12. The Kier molecular flexibility index (Phi) is 5.60. The highest BCUT2D eigenvalue weighted by molar-refractivity contribution is 6.19. The molecule has 0 atom stereocenters. The molecule has 0 bridgehead atoms. The monoisotopic (exact) mass is 639 g/mol. The maximum absolute atomic E-state index is 5.51. The summed E-state index contributed by atoms with van der Waals surface area (Å²) in [6.45, 7) is 0. The van der Waals surface area contributed by atoms with Crippen LogP contribution < -0.4 is 0 Å². The third-order valence-corrected chi connectivity index (χ3v) is 10.3. The molecule has 234 valence electrons. The number of benzene rings is 6. The summed E-state index contributed by atoms with van der Waals surface area (Å²) in [4.78, 5) is 5.51. The number of rotatable bonds is 4. The fraction of sp³-hybridized carbons (Fsp3) is 0. The molecule has 0 saturated heterocycles. The van der Waals surface area contributed by atoms with E-state index >= 15 is 0 Å². The molecule has 11 aromatic rings. The molecular weight excluding hydrogens is 611 g/mol. The van der Waals surface area contributed by atoms with Crippen molar-refractivity contribution >= 4 is 65.4 Å². The summed E-state index contributed by atoms with van der Waals surface area (Å²) in [5.74, 6) is 1.77. The van der Waals surface area contributed by atoms with Crippen molar-refractivity contribution in [3.05, 3.63) is 176 Å². The predicted octanol–water partition coefficient (Wildman–Crippen LogP) is 11.2. The van der Waals surface area contributed by atoms with Crippen LogP contribution >= 0.6 is 0 Å². The molecule has 0 aliphatic carbocycles. The summed E-state index contributed by atoms with van der Waals surface area (Å²) in [6.07, 6.45) is 4.35. The Morgan fingerprint density at radius 3 is 1.22 bits per heavy atom. The van der Waals surface area contributed by atoms with Gasteiger partial charge in [0.1, 0.15) is 11.6 Å². The minimum Gasteiger partial charge on any atom is -0.316 e. The van der Waals surface area contributed by atoms with Crippen LogP contribution in [0.4, 0.5) is 0 Å². The second kappa shape index (κ2) is 10.3. The van der Waals surface area contributed by atoms with Crippen molar-refractivity contribution in [2.75, 3.05) is 0 Å². The Labute approximate surface area is 287 Å². The van der Waals surface area contributed by atoms with Crippen molar-refractivity contribution < 1.29 is 0 Å². The minimum absolute atomic E-state index is 0.883. The fourth-order valence-corrected chi connectivity index (χ4v) is 8.12. The first-order valence-electron chi connectivity index (χ1n) is 17.0. The number of hydrogen-bond donors (Lipinski definition) is 0. The Bertz CT molecular complexity index is 2880. The van der Waals surface area contributed by atoms with Crippen LogP contribution in [0.3, 0.4) is 0 Å². The van der Waals surface area contributed by atoms with Gasteiger partial charge in [0.25, 0.3) is 0 Å². The van der Waals surface area contributed by atoms with Crippen LogP contribution in [0, 0.1) is 0 Å². The molecule has 0 N–H and O–H groups in total. The lowest BCUT2D eigenvalue weighted by molar-refractivity contribution is 1.02. The molecule has 0 radical (unpaired) electrons. The van der Waals surface area contributed by atoms with E-state index in [0.717, 1.165) is 56.1 Å². The smallest absolute Gasteiger partial charge is 0.140 e. The van der Waals surface area contributed by atoms with Crippen LogP contribution in [0.25, 0.3) is 88.4 Å². The first-order chi connectivity index (χ1) is 24.8. The topological polar surface area (TPSA) is 32.6 Å². The number of fused-ring (bicyclic) bond motifs is 10. The molecule has 5 heterocycles. The van der Waals surface area contributed by atoms with Crippen molar-refractivity contribution in [1.29, 1.82) is 0 Å². The molecule has 5 nitrogen and oxygen atoms in total. The zero-order valence-corrected chi connectivity index (χ0v) is 27.0. The highest BCUT2D eigenvalue weighted by Gasteiger charge is 2.20. The summed E-state index contributed by atoms with van der Waals surface area (Å²) in [5, 5.41) is 7.24. The molecule has 6 aromatic carbocycles. The van der Waals surface area contributed by atoms with Gasteiger partial charge in [-0.3, -0.25) is 9.13 Å². The van der Waals surface area contributed by atoms with Gasteiger partial charge < -0.3 is 9.13 Å². The normalized spacial score (nSPS) is 12.0. The van der Waals surface area contributed by atoms with Crippen molar-refractivity contribution in [3.63, 3.8) is 0 Å². The van der Waals surface area contributed by atoms with Gasteiger partial charge in [-0.05, 0) is 72.8 Å². The zero-order chi connectivity index (χ0) is 32.8. The van der Waals surface area contributed by atoms with Crippen LogP contribution in [-0.4, -0.2) is 23.3 Å². The number of nitrogens with zero attached hydrogens (tertiary/aromatic N) is 5. The third kappa shape index (κ3) is 3.74. The average molecular weight is 640 g/mol. The van der Waals surface area contributed by atoms with E-state index in [9.17, 15) is 0 Å². The van der Waals surface area contributed by atoms with E-state index in [1.807, 2.05) is 0 Å². The molecule has 0 fully saturated rings. The van der Waals surface area contributed by atoms with Crippen molar-refractivity contribution in [2.24, 2.45) is 0 Å². The van der Waals surface area contributed by atoms with Gasteiger partial charge in [0.15, 0.2) is 0 Å². The first-order valence-corrected chi connectivity index (χ1v) is 17.0. The lowest BCUT2D eigenvalue weighted by Crippen LogP contribution is -2.03. The van der Waals surface area contributed by atoms with E-state index in [-0.39, 0.29) is 0 Å². The maximum Gasteiger partial charge on any atom is 0.140 e. The third-order valence-electron chi connectivity index (χ3n) is 10.3. The molecule has 5 aromatic heterocycles. The van der Waals surface area contributed by atoms with E-state index in [0.29, 0.717) is 0 Å². The molecule has 50 heavy (non-hydrogen) atoms. The lowest BCUT2D eigenvalue weighted by atomic mass is 10.1. The van der Waals surface area contributed by atoms with E-state index in [2.05, 4.69) is 194 Å². The quantitative estimate of drug-likeness (QED) is 0.189. The molecule has 0 unspecified atom stereocenters. The Morgan fingerprint density at radius 1 is 0.300 bits per heavy atom. The van der Waals surface area contributed by atoms with Gasteiger partial charge in [-0.2, -0.15) is 0 Å². The Balaban J connectivity index is 1.19. The zero-order valence-electron chi connectivity index (χ0n) is 27.0. The molecule has 0 amide bonds. The molecule has 5 heteroatoms. The van der Waals surface area contributed by atoms with Gasteiger partial charge >= 0.3 is 0 Å². The van der Waals surface area contributed by atoms with Crippen LogP contribution in [0.15, 0.2) is 176 Å². The van der Waals surface area contributed by atoms with Gasteiger partial charge in [0, 0.05) is 56.1 Å². The molecule has 0 saturated carbocycles. The molecule has 0 spiro atoms. The van der Waals surface area contributed by atoms with E-state index in [1.54, 1.807) is 0 Å². The minimum atomic E-state index is 0.883. The van der Waals surface area contributed by atoms with Gasteiger partial charge in [-0.1, -0.05) is 91.0 Å². The van der Waals surface area contributed by atoms with Crippen molar-refractivity contribution in [1.82, 2.24) is 23.3 Å². The van der Waals surface area contributed by atoms with Crippen LogP contribution in [0.5, 0.6) is 0 Å². The summed E-state index contributed by atoms with van der Waals surface area (Å²) in [6, 6.07) is 58.4. The number of aromatic nitrogens is 5. The first kappa shape index (κ1) is 27.1. The summed E-state index contributed by atoms with van der Waals surface area (Å²) in [5.41, 5.74) is 9.20. The average Bonchev–Trinajstić information content (AvgIpc) is 3.96. The Morgan fingerprint density at radius 2 is 0.740 bits per heavy atom. The summed E-state index contributed by atoms with van der Waals surface area (Å²) >= 11 is 0. The number of hydrogen-bond acceptors (Lipinski definition) is 1. The largest absolute Gasteiger partial charge is 0.316 e. The molecule has 0 aliphatic heterocycles. The highest BCUT2D eigenvalue weighted by atomic mass is 15.1. The van der Waals surface area contributed by atoms with Gasteiger partial charge in [0.05, 0.1) is 33.1 Å². The predicted molar refractivity (Wildman–Crippen MR) is 207 cm³/mol. The van der Waals surface area contributed by atoms with Crippen molar-refractivity contribution in [2.45, 2.75) is 0 Å². The van der Waals surface area contributed by atoms with Crippen LogP contribution in [0.1, 0.15) is 0 Å².